The molecule has 134 valence electrons. The maximum Gasteiger partial charge on any atom is 0.191 e. The number of nitrogens with one attached hydrogen (secondary N) is 2. The van der Waals surface area contributed by atoms with Crippen LogP contribution >= 0.6 is 15.9 Å². The molecule has 1 aliphatic heterocycles. The number of aliphatic imine (C=N–C) groups is 1. The molecule has 1 saturated heterocycles. The van der Waals surface area contributed by atoms with Gasteiger partial charge in [0.25, 0.3) is 0 Å². The van der Waals surface area contributed by atoms with Crippen LogP contribution in [-0.2, 0) is 11.3 Å². The van der Waals surface area contributed by atoms with Crippen LogP contribution in [0.15, 0.2) is 27.7 Å². The standard InChI is InChI=1S/C17H26BrFN4O/c1-2-20-17(21-4-3-5-23-6-8-24-9-7-23)22-13-14-10-15(18)12-16(19)11-14/h10-12H,2-9,13H2,1H3,(H2,20,21,22). The van der Waals surface area contributed by atoms with Gasteiger partial charge in [0, 0.05) is 30.7 Å². The molecule has 1 aromatic carbocycles. The van der Waals surface area contributed by atoms with E-state index in [0.717, 1.165) is 68.4 Å². The second-order valence-electron chi connectivity index (χ2n) is 5.71. The maximum absolute atomic E-state index is 13.4. The highest BCUT2D eigenvalue weighted by Gasteiger charge is 2.09. The van der Waals surface area contributed by atoms with Crippen LogP contribution in [0, 0.1) is 5.82 Å². The van der Waals surface area contributed by atoms with Crippen molar-refractivity contribution in [1.29, 1.82) is 0 Å². The molecule has 0 aromatic heterocycles. The lowest BCUT2D eigenvalue weighted by Crippen LogP contribution is -2.40. The third kappa shape index (κ3) is 7.15. The fourth-order valence-electron chi connectivity index (χ4n) is 2.55. The van der Waals surface area contributed by atoms with Gasteiger partial charge in [-0.3, -0.25) is 4.90 Å². The average Bonchev–Trinajstić information content (AvgIpc) is 2.56. The number of morpholine rings is 1. The highest BCUT2D eigenvalue weighted by molar-refractivity contribution is 9.10. The summed E-state index contributed by atoms with van der Waals surface area (Å²) >= 11 is 3.31. The zero-order chi connectivity index (χ0) is 17.2. The molecule has 1 heterocycles. The quantitative estimate of drug-likeness (QED) is 0.419. The van der Waals surface area contributed by atoms with E-state index in [1.807, 2.05) is 13.0 Å². The zero-order valence-corrected chi connectivity index (χ0v) is 15.7. The second-order valence-corrected chi connectivity index (χ2v) is 6.62. The van der Waals surface area contributed by atoms with Crippen molar-refractivity contribution in [2.24, 2.45) is 4.99 Å². The van der Waals surface area contributed by atoms with Crippen LogP contribution in [0.2, 0.25) is 0 Å². The molecule has 0 amide bonds. The summed E-state index contributed by atoms with van der Waals surface area (Å²) in [5.74, 6) is 0.512. The summed E-state index contributed by atoms with van der Waals surface area (Å²) in [4.78, 5) is 6.94. The Morgan fingerprint density at radius 3 is 2.79 bits per heavy atom. The van der Waals surface area contributed by atoms with E-state index in [-0.39, 0.29) is 5.82 Å². The molecule has 0 radical (unpaired) electrons. The lowest BCUT2D eigenvalue weighted by molar-refractivity contribution is 0.0376. The summed E-state index contributed by atoms with van der Waals surface area (Å²) in [5, 5.41) is 6.56. The van der Waals surface area contributed by atoms with Crippen LogP contribution in [0.5, 0.6) is 0 Å². The van der Waals surface area contributed by atoms with Crippen LogP contribution in [0.3, 0.4) is 0 Å². The summed E-state index contributed by atoms with van der Waals surface area (Å²) in [6.45, 7) is 8.89. The molecule has 0 spiro atoms. The first kappa shape index (κ1) is 19.1. The summed E-state index contributed by atoms with van der Waals surface area (Å²) in [6.07, 6.45) is 1.05. The molecule has 2 rings (SSSR count). The molecule has 0 atom stereocenters. The molecule has 1 fully saturated rings. The van der Waals surface area contributed by atoms with E-state index < -0.39 is 0 Å². The lowest BCUT2D eigenvalue weighted by atomic mass is 10.2. The van der Waals surface area contributed by atoms with Gasteiger partial charge in [-0.2, -0.15) is 0 Å². The van der Waals surface area contributed by atoms with Crippen molar-refractivity contribution in [3.63, 3.8) is 0 Å². The summed E-state index contributed by atoms with van der Waals surface area (Å²) in [5.41, 5.74) is 0.840. The molecule has 24 heavy (non-hydrogen) atoms. The average molecular weight is 401 g/mol. The molecule has 0 unspecified atom stereocenters. The van der Waals surface area contributed by atoms with Gasteiger partial charge in [-0.05, 0) is 43.7 Å². The zero-order valence-electron chi connectivity index (χ0n) is 14.2. The SMILES string of the molecule is CCNC(=NCc1cc(F)cc(Br)c1)NCCCN1CCOCC1. The predicted molar refractivity (Wildman–Crippen MR) is 98.8 cm³/mol. The lowest BCUT2D eigenvalue weighted by Gasteiger charge is -2.26. The van der Waals surface area contributed by atoms with E-state index in [9.17, 15) is 4.39 Å². The Kier molecular flexibility index (Phi) is 8.49. The Labute approximate surface area is 151 Å². The van der Waals surface area contributed by atoms with Crippen molar-refractivity contribution in [2.75, 3.05) is 45.9 Å². The number of nitrogens with zero attached hydrogens (tertiary/aromatic N) is 2. The number of hydrogen-bond acceptors (Lipinski definition) is 3. The Balaban J connectivity index is 1.77. The van der Waals surface area contributed by atoms with E-state index in [0.29, 0.717) is 6.54 Å². The second kappa shape index (κ2) is 10.6. The highest BCUT2D eigenvalue weighted by Crippen LogP contribution is 2.15. The van der Waals surface area contributed by atoms with Gasteiger partial charge in [-0.1, -0.05) is 15.9 Å². The van der Waals surface area contributed by atoms with Crippen molar-refractivity contribution < 1.29 is 9.13 Å². The van der Waals surface area contributed by atoms with Crippen molar-refractivity contribution in [1.82, 2.24) is 15.5 Å². The minimum absolute atomic E-state index is 0.252. The minimum atomic E-state index is -0.252. The maximum atomic E-state index is 13.4. The largest absolute Gasteiger partial charge is 0.379 e. The summed E-state index contributed by atoms with van der Waals surface area (Å²) < 4.78 is 19.5. The fourth-order valence-corrected chi connectivity index (χ4v) is 3.06. The Morgan fingerprint density at radius 1 is 1.29 bits per heavy atom. The third-order valence-electron chi connectivity index (χ3n) is 3.73. The predicted octanol–water partition coefficient (Wildman–Crippen LogP) is 2.37. The third-order valence-corrected chi connectivity index (χ3v) is 4.19. The van der Waals surface area contributed by atoms with Gasteiger partial charge in [0.15, 0.2) is 5.96 Å². The first-order valence-electron chi connectivity index (χ1n) is 8.44. The number of guanidine groups is 1. The highest BCUT2D eigenvalue weighted by atomic mass is 79.9. The molecule has 0 bridgehead atoms. The number of rotatable bonds is 7. The van der Waals surface area contributed by atoms with Crippen LogP contribution in [0.1, 0.15) is 18.9 Å². The number of halogens is 2. The van der Waals surface area contributed by atoms with Crippen molar-refractivity contribution in [3.05, 3.63) is 34.1 Å². The molecular weight excluding hydrogens is 375 g/mol. The molecular formula is C17H26BrFN4O. The fraction of sp³-hybridized carbons (Fsp3) is 0.588. The van der Waals surface area contributed by atoms with Gasteiger partial charge in [0.1, 0.15) is 5.82 Å². The van der Waals surface area contributed by atoms with E-state index in [2.05, 4.69) is 36.5 Å². The van der Waals surface area contributed by atoms with Crippen LogP contribution < -0.4 is 10.6 Å². The molecule has 1 aliphatic rings. The smallest absolute Gasteiger partial charge is 0.191 e. The number of hydrogen-bond donors (Lipinski definition) is 2. The summed E-state index contributed by atoms with van der Waals surface area (Å²) in [6, 6.07) is 4.84. The van der Waals surface area contributed by atoms with Crippen molar-refractivity contribution in [3.8, 4) is 0 Å². The van der Waals surface area contributed by atoms with Crippen molar-refractivity contribution >= 4 is 21.9 Å². The first-order valence-corrected chi connectivity index (χ1v) is 9.24. The van der Waals surface area contributed by atoms with Gasteiger partial charge in [0.05, 0.1) is 19.8 Å². The minimum Gasteiger partial charge on any atom is -0.379 e. The molecule has 2 N–H and O–H groups in total. The van der Waals surface area contributed by atoms with Crippen molar-refractivity contribution in [2.45, 2.75) is 19.9 Å². The van der Waals surface area contributed by atoms with E-state index >= 15 is 0 Å². The molecule has 7 heteroatoms. The van der Waals surface area contributed by atoms with E-state index in [4.69, 9.17) is 4.74 Å². The number of benzene rings is 1. The molecule has 1 aromatic rings. The van der Waals surface area contributed by atoms with Gasteiger partial charge in [-0.15, -0.1) is 0 Å². The van der Waals surface area contributed by atoms with Gasteiger partial charge >= 0.3 is 0 Å². The molecule has 5 nitrogen and oxygen atoms in total. The topological polar surface area (TPSA) is 48.9 Å². The Hall–Kier alpha value is -1.18. The molecule has 0 aliphatic carbocycles. The number of ether oxygens (including phenoxy) is 1. The van der Waals surface area contributed by atoms with Crippen LogP contribution in [0.25, 0.3) is 0 Å². The summed E-state index contributed by atoms with van der Waals surface area (Å²) in [7, 11) is 0. The first-order chi connectivity index (χ1) is 11.7. The van der Waals surface area contributed by atoms with Crippen LogP contribution in [-0.4, -0.2) is 56.8 Å². The van der Waals surface area contributed by atoms with E-state index in [1.54, 1.807) is 0 Å². The van der Waals surface area contributed by atoms with Gasteiger partial charge in [-0.25, -0.2) is 9.38 Å². The monoisotopic (exact) mass is 400 g/mol. The van der Waals surface area contributed by atoms with Crippen LogP contribution in [0.4, 0.5) is 4.39 Å². The Morgan fingerprint density at radius 2 is 2.08 bits per heavy atom. The Bertz CT molecular complexity index is 515. The normalized spacial score (nSPS) is 16.2. The van der Waals surface area contributed by atoms with Gasteiger partial charge in [0.2, 0.25) is 0 Å². The van der Waals surface area contributed by atoms with E-state index in [1.165, 1.54) is 12.1 Å². The van der Waals surface area contributed by atoms with Gasteiger partial charge < -0.3 is 15.4 Å². The molecule has 0 saturated carbocycles.